The lowest BCUT2D eigenvalue weighted by Crippen LogP contribution is -2.25. The highest BCUT2D eigenvalue weighted by Crippen LogP contribution is 2.47. The van der Waals surface area contributed by atoms with Crippen molar-refractivity contribution in [2.45, 2.75) is 45.6 Å². The Bertz CT molecular complexity index is 319. The van der Waals surface area contributed by atoms with Crippen LogP contribution in [0, 0.1) is 5.92 Å². The van der Waals surface area contributed by atoms with Crippen molar-refractivity contribution in [2.24, 2.45) is 5.92 Å². The van der Waals surface area contributed by atoms with Gasteiger partial charge in [-0.1, -0.05) is 20.8 Å². The van der Waals surface area contributed by atoms with Gasteiger partial charge in [-0.2, -0.15) is 0 Å². The molecular formula is C12H20N2S. The average Bonchev–Trinajstić information content (AvgIpc) is 2.73. The molecular weight excluding hydrogens is 204 g/mol. The predicted molar refractivity (Wildman–Crippen MR) is 65.5 cm³/mol. The summed E-state index contributed by atoms with van der Waals surface area (Å²) in [6.07, 6.45) is 2.41. The maximum atomic E-state index is 4.70. The van der Waals surface area contributed by atoms with Crippen molar-refractivity contribution in [2.75, 3.05) is 6.54 Å². The number of hydrogen-bond acceptors (Lipinski definition) is 3. The molecule has 0 aromatic carbocycles. The Hall–Kier alpha value is -0.410. The Kier molecular flexibility index (Phi) is 3.42. The molecule has 2 unspecified atom stereocenters. The van der Waals surface area contributed by atoms with Crippen molar-refractivity contribution in [3.63, 3.8) is 0 Å². The Labute approximate surface area is 96.1 Å². The van der Waals surface area contributed by atoms with Crippen molar-refractivity contribution in [3.8, 4) is 0 Å². The molecule has 2 nitrogen and oxygen atoms in total. The molecule has 0 spiro atoms. The van der Waals surface area contributed by atoms with Gasteiger partial charge in [0.1, 0.15) is 0 Å². The second-order valence-electron chi connectivity index (χ2n) is 4.86. The van der Waals surface area contributed by atoms with E-state index in [-0.39, 0.29) is 0 Å². The van der Waals surface area contributed by atoms with E-state index in [4.69, 9.17) is 4.98 Å². The van der Waals surface area contributed by atoms with Gasteiger partial charge >= 0.3 is 0 Å². The molecule has 0 aliphatic heterocycles. The minimum absolute atomic E-state index is 0.576. The van der Waals surface area contributed by atoms with Crippen molar-refractivity contribution in [1.82, 2.24) is 10.3 Å². The van der Waals surface area contributed by atoms with E-state index in [1.807, 2.05) is 11.3 Å². The van der Waals surface area contributed by atoms with E-state index in [1.165, 1.54) is 17.1 Å². The third-order valence-electron chi connectivity index (χ3n) is 2.93. The minimum Gasteiger partial charge on any atom is -0.314 e. The largest absolute Gasteiger partial charge is 0.314 e. The van der Waals surface area contributed by atoms with Gasteiger partial charge < -0.3 is 5.32 Å². The highest BCUT2D eigenvalue weighted by Gasteiger charge is 2.36. The fourth-order valence-electron chi connectivity index (χ4n) is 1.76. The first-order valence-corrected chi connectivity index (χ1v) is 6.72. The van der Waals surface area contributed by atoms with E-state index in [2.05, 4.69) is 31.5 Å². The van der Waals surface area contributed by atoms with Crippen LogP contribution in [-0.4, -0.2) is 17.6 Å². The molecule has 1 aromatic rings. The van der Waals surface area contributed by atoms with Gasteiger partial charge in [-0.15, -0.1) is 11.3 Å². The number of nitrogens with one attached hydrogen (secondary N) is 1. The van der Waals surface area contributed by atoms with Gasteiger partial charge in [0.2, 0.25) is 0 Å². The van der Waals surface area contributed by atoms with E-state index in [0.29, 0.717) is 6.04 Å². The van der Waals surface area contributed by atoms with Crippen LogP contribution >= 0.6 is 11.3 Å². The first kappa shape index (κ1) is 11.1. The molecule has 1 aromatic heterocycles. The molecule has 0 radical (unpaired) electrons. The van der Waals surface area contributed by atoms with Crippen molar-refractivity contribution < 1.29 is 0 Å². The van der Waals surface area contributed by atoms with Gasteiger partial charge in [-0.3, -0.25) is 0 Å². The normalized spacial score (nSPS) is 24.8. The van der Waals surface area contributed by atoms with E-state index in [9.17, 15) is 0 Å². The van der Waals surface area contributed by atoms with Crippen LogP contribution in [0.3, 0.4) is 0 Å². The van der Waals surface area contributed by atoms with Crippen molar-refractivity contribution in [1.29, 1.82) is 0 Å². The molecule has 1 aliphatic carbocycles. The summed E-state index contributed by atoms with van der Waals surface area (Å²) in [5, 5.41) is 7.01. The van der Waals surface area contributed by atoms with E-state index in [0.717, 1.165) is 24.8 Å². The van der Waals surface area contributed by atoms with Gasteiger partial charge in [0, 0.05) is 30.3 Å². The monoisotopic (exact) mass is 224 g/mol. The Morgan fingerprint density at radius 2 is 2.33 bits per heavy atom. The van der Waals surface area contributed by atoms with E-state index >= 15 is 0 Å². The zero-order chi connectivity index (χ0) is 10.8. The third-order valence-corrected chi connectivity index (χ3v) is 3.96. The van der Waals surface area contributed by atoms with Gasteiger partial charge in [0.15, 0.2) is 0 Å². The summed E-state index contributed by atoms with van der Waals surface area (Å²) in [5.74, 6) is 1.65. The van der Waals surface area contributed by atoms with Crippen LogP contribution in [0.2, 0.25) is 0 Å². The summed E-state index contributed by atoms with van der Waals surface area (Å²) in [6, 6.07) is 0.576. The van der Waals surface area contributed by atoms with E-state index in [1.54, 1.807) is 0 Å². The first-order chi connectivity index (χ1) is 7.16. The van der Waals surface area contributed by atoms with Crippen LogP contribution in [-0.2, 0) is 6.42 Å². The predicted octanol–water partition coefficient (Wildman–Crippen LogP) is 2.81. The zero-order valence-corrected chi connectivity index (χ0v) is 10.6. The second kappa shape index (κ2) is 4.62. The fraction of sp³-hybridized carbons (Fsp3) is 0.750. The third kappa shape index (κ3) is 3.02. The summed E-state index contributed by atoms with van der Waals surface area (Å²) in [5.41, 5.74) is 1.27. The molecule has 0 saturated heterocycles. The highest BCUT2D eigenvalue weighted by atomic mass is 32.1. The van der Waals surface area contributed by atoms with Crippen LogP contribution in [0.1, 0.15) is 43.8 Å². The molecule has 0 bridgehead atoms. The second-order valence-corrected chi connectivity index (χ2v) is 5.75. The molecule has 1 N–H and O–H groups in total. The summed E-state index contributed by atoms with van der Waals surface area (Å²) in [7, 11) is 0. The summed E-state index contributed by atoms with van der Waals surface area (Å²) < 4.78 is 0. The van der Waals surface area contributed by atoms with Crippen LogP contribution in [0.25, 0.3) is 0 Å². The van der Waals surface area contributed by atoms with E-state index < -0.39 is 0 Å². The highest BCUT2D eigenvalue weighted by molar-refractivity contribution is 7.09. The molecule has 2 atom stereocenters. The number of nitrogens with zero attached hydrogens (tertiary/aromatic N) is 1. The molecule has 0 amide bonds. The molecule has 1 aliphatic rings. The number of aromatic nitrogens is 1. The lowest BCUT2D eigenvalue weighted by Gasteiger charge is -2.05. The lowest BCUT2D eigenvalue weighted by molar-refractivity contribution is 0.587. The maximum absolute atomic E-state index is 4.70. The zero-order valence-electron chi connectivity index (χ0n) is 9.79. The quantitative estimate of drug-likeness (QED) is 0.832. The van der Waals surface area contributed by atoms with Gasteiger partial charge in [-0.05, 0) is 12.3 Å². The lowest BCUT2D eigenvalue weighted by atomic mass is 10.3. The van der Waals surface area contributed by atoms with Gasteiger partial charge in [-0.25, -0.2) is 4.98 Å². The SMILES string of the molecule is CC(C)NCCc1csc(C2CC2C)n1. The van der Waals surface area contributed by atoms with Crippen LogP contribution < -0.4 is 5.32 Å². The first-order valence-electron chi connectivity index (χ1n) is 5.84. The Balaban J connectivity index is 1.80. The van der Waals surface area contributed by atoms with Crippen LogP contribution in [0.4, 0.5) is 0 Å². The number of rotatable bonds is 5. The molecule has 15 heavy (non-hydrogen) atoms. The van der Waals surface area contributed by atoms with Crippen LogP contribution in [0.5, 0.6) is 0 Å². The van der Waals surface area contributed by atoms with Gasteiger partial charge in [0.25, 0.3) is 0 Å². The minimum atomic E-state index is 0.576. The molecule has 3 heteroatoms. The van der Waals surface area contributed by atoms with Crippen LogP contribution in [0.15, 0.2) is 5.38 Å². The topological polar surface area (TPSA) is 24.9 Å². The number of hydrogen-bond donors (Lipinski definition) is 1. The Morgan fingerprint density at radius 1 is 1.60 bits per heavy atom. The smallest absolute Gasteiger partial charge is 0.0962 e. The van der Waals surface area contributed by atoms with Crippen molar-refractivity contribution in [3.05, 3.63) is 16.1 Å². The Morgan fingerprint density at radius 3 is 2.93 bits per heavy atom. The standard InChI is InChI=1S/C12H20N2S/c1-8(2)13-5-4-10-7-15-12(14-10)11-6-9(11)3/h7-9,11,13H,4-6H2,1-3H3. The summed E-state index contributed by atoms with van der Waals surface area (Å²) >= 11 is 1.84. The van der Waals surface area contributed by atoms with Gasteiger partial charge in [0.05, 0.1) is 10.7 Å². The maximum Gasteiger partial charge on any atom is 0.0962 e. The molecule has 1 heterocycles. The average molecular weight is 224 g/mol. The summed E-state index contributed by atoms with van der Waals surface area (Å²) in [4.78, 5) is 4.70. The molecule has 84 valence electrons. The number of thiazole rings is 1. The molecule has 2 rings (SSSR count). The molecule has 1 fully saturated rings. The summed E-state index contributed by atoms with van der Waals surface area (Å²) in [6.45, 7) is 7.71. The molecule has 1 saturated carbocycles. The van der Waals surface area contributed by atoms with Crippen molar-refractivity contribution >= 4 is 11.3 Å². The fourth-order valence-corrected chi connectivity index (χ4v) is 2.86.